The average Bonchev–Trinajstić information content (AvgIpc) is 3.17. The molecule has 2 aliphatic rings. The summed E-state index contributed by atoms with van der Waals surface area (Å²) in [6.07, 6.45) is 2.40. The highest BCUT2D eigenvalue weighted by Crippen LogP contribution is 2.35. The van der Waals surface area contributed by atoms with E-state index in [9.17, 15) is 14.4 Å². The molecule has 0 spiro atoms. The number of piperazine rings is 1. The van der Waals surface area contributed by atoms with E-state index in [2.05, 4.69) is 23.6 Å². The molecule has 5 rings (SSSR count). The second kappa shape index (κ2) is 8.95. The first-order chi connectivity index (χ1) is 16.5. The summed E-state index contributed by atoms with van der Waals surface area (Å²) in [6, 6.07) is 14.8. The molecule has 3 heterocycles. The van der Waals surface area contributed by atoms with Crippen molar-refractivity contribution in [2.75, 3.05) is 13.1 Å². The molecule has 8 heteroatoms. The number of amides is 3. The van der Waals surface area contributed by atoms with Crippen LogP contribution in [0, 0.1) is 0 Å². The van der Waals surface area contributed by atoms with E-state index in [4.69, 9.17) is 5.21 Å². The van der Waals surface area contributed by atoms with Gasteiger partial charge >= 0.3 is 0 Å². The second-order valence-corrected chi connectivity index (χ2v) is 9.02. The molecular formula is C26H28N4O4. The minimum Gasteiger partial charge on any atom is -0.338 e. The van der Waals surface area contributed by atoms with Crippen molar-refractivity contribution in [2.45, 2.75) is 45.3 Å². The fraction of sp³-hybridized carbons (Fsp3) is 0.346. The van der Waals surface area contributed by atoms with E-state index >= 15 is 0 Å². The van der Waals surface area contributed by atoms with Crippen molar-refractivity contribution < 1.29 is 19.6 Å². The highest BCUT2D eigenvalue weighted by Gasteiger charge is 2.43. The van der Waals surface area contributed by atoms with Gasteiger partial charge in [-0.05, 0) is 35.7 Å². The van der Waals surface area contributed by atoms with Crippen molar-refractivity contribution in [1.82, 2.24) is 19.8 Å². The van der Waals surface area contributed by atoms with E-state index in [1.54, 1.807) is 27.4 Å². The number of hydroxylamine groups is 1. The topological polar surface area (TPSA) is 94.9 Å². The summed E-state index contributed by atoms with van der Waals surface area (Å²) in [4.78, 5) is 41.4. The summed E-state index contributed by atoms with van der Waals surface area (Å²) in [5.41, 5.74) is 6.26. The number of para-hydroxylation sites is 1. The van der Waals surface area contributed by atoms with Crippen LogP contribution in [-0.4, -0.2) is 56.4 Å². The zero-order chi connectivity index (χ0) is 23.8. The summed E-state index contributed by atoms with van der Waals surface area (Å²) < 4.78 is 2.21. The lowest BCUT2D eigenvalue weighted by atomic mass is 9.93. The minimum atomic E-state index is -0.553. The number of rotatable bonds is 6. The summed E-state index contributed by atoms with van der Waals surface area (Å²) in [5, 5.41) is 9.96. The normalized spacial score (nSPS) is 17.6. The van der Waals surface area contributed by atoms with Crippen LogP contribution in [0.2, 0.25) is 0 Å². The molecule has 0 saturated carbocycles. The van der Waals surface area contributed by atoms with Crippen LogP contribution >= 0.6 is 0 Å². The van der Waals surface area contributed by atoms with Crippen LogP contribution in [0.4, 0.5) is 0 Å². The highest BCUT2D eigenvalue weighted by atomic mass is 16.5. The molecule has 34 heavy (non-hydrogen) atoms. The number of hydrogen-bond acceptors (Lipinski definition) is 4. The monoisotopic (exact) mass is 460 g/mol. The van der Waals surface area contributed by atoms with E-state index in [1.165, 1.54) is 0 Å². The lowest BCUT2D eigenvalue weighted by molar-refractivity contribution is -0.157. The number of aromatic nitrogens is 1. The minimum absolute atomic E-state index is 0.00234. The molecule has 1 aromatic heterocycles. The van der Waals surface area contributed by atoms with Gasteiger partial charge < -0.3 is 14.4 Å². The summed E-state index contributed by atoms with van der Waals surface area (Å²) in [6.45, 7) is 3.84. The number of benzene rings is 2. The van der Waals surface area contributed by atoms with Crippen molar-refractivity contribution in [1.29, 1.82) is 0 Å². The molecule has 0 aliphatic carbocycles. The molecule has 1 fully saturated rings. The maximum absolute atomic E-state index is 13.2. The maximum atomic E-state index is 13.2. The van der Waals surface area contributed by atoms with Crippen LogP contribution in [0.1, 0.15) is 46.9 Å². The summed E-state index contributed by atoms with van der Waals surface area (Å²) >= 11 is 0. The van der Waals surface area contributed by atoms with Crippen LogP contribution in [0.5, 0.6) is 0 Å². The van der Waals surface area contributed by atoms with Crippen molar-refractivity contribution in [2.24, 2.45) is 0 Å². The number of fused-ring (bicyclic) bond motifs is 4. The summed E-state index contributed by atoms with van der Waals surface area (Å²) in [5.74, 6) is -0.501. The zero-order valence-electron chi connectivity index (χ0n) is 19.2. The zero-order valence-corrected chi connectivity index (χ0v) is 19.2. The predicted octanol–water partition coefficient (Wildman–Crippen LogP) is 2.70. The largest absolute Gasteiger partial charge is 0.338 e. The molecule has 176 valence electrons. The standard InChI is InChI=1S/C26H28N4O4/c1-2-3-12-28-16-24(31)30-15-23-20(13-22(30)26(28)33)19-6-4-5-7-21(19)29(23)14-17-8-10-18(11-9-17)25(32)27-34/h4-11,22,34H,2-3,12-16H2,1H3,(H,27,32). The molecule has 2 aromatic carbocycles. The Kier molecular flexibility index (Phi) is 5.83. The van der Waals surface area contributed by atoms with E-state index in [1.807, 2.05) is 24.3 Å². The highest BCUT2D eigenvalue weighted by molar-refractivity contribution is 5.97. The van der Waals surface area contributed by atoms with Crippen LogP contribution in [-0.2, 0) is 29.1 Å². The van der Waals surface area contributed by atoms with Gasteiger partial charge in [-0.15, -0.1) is 0 Å². The van der Waals surface area contributed by atoms with Gasteiger partial charge in [0.1, 0.15) is 6.04 Å². The Morgan fingerprint density at radius 3 is 2.59 bits per heavy atom. The molecular weight excluding hydrogens is 432 g/mol. The van der Waals surface area contributed by atoms with Gasteiger partial charge in [0.25, 0.3) is 5.91 Å². The quantitative estimate of drug-likeness (QED) is 0.437. The van der Waals surface area contributed by atoms with Crippen LogP contribution in [0.25, 0.3) is 10.9 Å². The third-order valence-corrected chi connectivity index (χ3v) is 6.97. The molecule has 3 amide bonds. The fourth-order valence-electron chi connectivity index (χ4n) is 5.16. The Labute approximate surface area is 197 Å². The number of hydrogen-bond donors (Lipinski definition) is 2. The Morgan fingerprint density at radius 1 is 1.09 bits per heavy atom. The van der Waals surface area contributed by atoms with E-state index in [0.29, 0.717) is 31.6 Å². The fourth-order valence-corrected chi connectivity index (χ4v) is 5.16. The Bertz CT molecular complexity index is 1260. The Balaban J connectivity index is 1.50. The molecule has 3 aromatic rings. The van der Waals surface area contributed by atoms with Crippen LogP contribution in [0.15, 0.2) is 48.5 Å². The first-order valence-electron chi connectivity index (χ1n) is 11.7. The molecule has 0 bridgehead atoms. The SMILES string of the molecule is CCCCN1CC(=O)N2Cc3c(c4ccccc4n3Cc3ccc(C(=O)NO)cc3)CC2C1=O. The number of nitrogens with one attached hydrogen (secondary N) is 1. The van der Waals surface area contributed by atoms with E-state index in [0.717, 1.165) is 40.6 Å². The van der Waals surface area contributed by atoms with Gasteiger partial charge in [-0.25, -0.2) is 5.48 Å². The first kappa shape index (κ1) is 22.2. The molecule has 2 aliphatic heterocycles. The third kappa shape index (κ3) is 3.74. The van der Waals surface area contributed by atoms with E-state index < -0.39 is 11.9 Å². The molecule has 0 radical (unpaired) electrons. The van der Waals surface area contributed by atoms with Gasteiger partial charge in [0.15, 0.2) is 0 Å². The van der Waals surface area contributed by atoms with Gasteiger partial charge in [0.2, 0.25) is 11.8 Å². The van der Waals surface area contributed by atoms with Crippen molar-refractivity contribution in [3.05, 3.63) is 70.9 Å². The lowest BCUT2D eigenvalue weighted by Gasteiger charge is -2.43. The van der Waals surface area contributed by atoms with Gasteiger partial charge in [-0.1, -0.05) is 43.7 Å². The number of carbonyl (C=O) groups excluding carboxylic acids is 3. The Morgan fingerprint density at radius 2 is 1.85 bits per heavy atom. The predicted molar refractivity (Wildman–Crippen MR) is 126 cm³/mol. The van der Waals surface area contributed by atoms with Gasteiger partial charge in [0.05, 0.1) is 13.1 Å². The first-order valence-corrected chi connectivity index (χ1v) is 11.7. The number of unbranched alkanes of at least 4 members (excludes halogenated alkanes) is 1. The van der Waals surface area contributed by atoms with Gasteiger partial charge in [-0.2, -0.15) is 0 Å². The molecule has 1 saturated heterocycles. The van der Waals surface area contributed by atoms with Crippen molar-refractivity contribution in [3.63, 3.8) is 0 Å². The van der Waals surface area contributed by atoms with Crippen LogP contribution < -0.4 is 5.48 Å². The Hall–Kier alpha value is -3.65. The second-order valence-electron chi connectivity index (χ2n) is 9.02. The molecule has 1 unspecified atom stereocenters. The third-order valence-electron chi connectivity index (χ3n) is 6.97. The van der Waals surface area contributed by atoms with Crippen molar-refractivity contribution >= 4 is 28.6 Å². The molecule has 1 atom stereocenters. The van der Waals surface area contributed by atoms with Gasteiger partial charge in [0, 0.05) is 41.7 Å². The van der Waals surface area contributed by atoms with E-state index in [-0.39, 0.29) is 18.4 Å². The van der Waals surface area contributed by atoms with Crippen molar-refractivity contribution in [3.8, 4) is 0 Å². The number of nitrogens with zero attached hydrogens (tertiary/aromatic N) is 3. The van der Waals surface area contributed by atoms with Gasteiger partial charge in [-0.3, -0.25) is 19.6 Å². The molecule has 2 N–H and O–H groups in total. The maximum Gasteiger partial charge on any atom is 0.274 e. The smallest absolute Gasteiger partial charge is 0.274 e. The molecule has 8 nitrogen and oxygen atoms in total. The summed E-state index contributed by atoms with van der Waals surface area (Å²) in [7, 11) is 0. The average molecular weight is 461 g/mol. The van der Waals surface area contributed by atoms with Crippen LogP contribution in [0.3, 0.4) is 0 Å². The lowest BCUT2D eigenvalue weighted by Crippen LogP contribution is -2.61. The number of carbonyl (C=O) groups is 3.